The summed E-state index contributed by atoms with van der Waals surface area (Å²) in [5.41, 5.74) is 5.14. The first-order valence-electron chi connectivity index (χ1n) is 4.93. The lowest BCUT2D eigenvalue weighted by Gasteiger charge is -2.27. The predicted molar refractivity (Wildman–Crippen MR) is 56.1 cm³/mol. The summed E-state index contributed by atoms with van der Waals surface area (Å²) in [5, 5.41) is 36.9. The van der Waals surface area contributed by atoms with E-state index in [1.165, 1.54) is 0 Å². The van der Waals surface area contributed by atoms with Crippen molar-refractivity contribution in [1.82, 2.24) is 10.2 Å². The zero-order valence-electron chi connectivity index (χ0n) is 9.18. The highest BCUT2D eigenvalue weighted by molar-refractivity contribution is 5.97. The number of aliphatic hydroxyl groups excluding tert-OH is 3. The maximum atomic E-state index is 11.4. The second kappa shape index (κ2) is 5.73. The quantitative estimate of drug-likeness (QED) is 0.174. The van der Waals surface area contributed by atoms with Gasteiger partial charge in [0.05, 0.1) is 6.61 Å². The Hall–Kier alpha value is -1.75. The molecular formula is C8H14N4O6. The summed E-state index contributed by atoms with van der Waals surface area (Å²) in [4.78, 5) is 22.1. The third-order valence-electron chi connectivity index (χ3n) is 2.43. The third kappa shape index (κ3) is 2.56. The molecule has 0 aromatic carbocycles. The van der Waals surface area contributed by atoms with Gasteiger partial charge in [-0.25, -0.2) is 9.69 Å². The average molecular weight is 262 g/mol. The van der Waals surface area contributed by atoms with Gasteiger partial charge in [0.2, 0.25) is 6.41 Å². The van der Waals surface area contributed by atoms with Crippen LogP contribution in [0.25, 0.3) is 0 Å². The molecule has 4 atom stereocenters. The summed E-state index contributed by atoms with van der Waals surface area (Å²) >= 11 is 0. The molecule has 1 aliphatic rings. The van der Waals surface area contributed by atoms with Gasteiger partial charge in [-0.2, -0.15) is 0 Å². The Balaban J connectivity index is 2.91. The molecule has 0 radical (unpaired) electrons. The predicted octanol–water partition coefficient (Wildman–Crippen LogP) is -3.51. The summed E-state index contributed by atoms with van der Waals surface area (Å²) in [7, 11) is 0. The van der Waals surface area contributed by atoms with Gasteiger partial charge in [0.15, 0.2) is 12.2 Å². The number of guanidine groups is 1. The number of hydrogen-bond donors (Lipinski definition) is 6. The molecular weight excluding hydrogens is 248 g/mol. The molecule has 1 unspecified atom stereocenters. The van der Waals surface area contributed by atoms with Crippen molar-refractivity contribution in [2.75, 3.05) is 6.61 Å². The molecule has 0 saturated carbocycles. The highest BCUT2D eigenvalue weighted by Gasteiger charge is 2.47. The minimum Gasteiger partial charge on any atom is -0.394 e. The minimum atomic E-state index is -1.57. The van der Waals surface area contributed by atoms with Crippen molar-refractivity contribution in [2.24, 2.45) is 5.73 Å². The van der Waals surface area contributed by atoms with Crippen LogP contribution >= 0.6 is 0 Å². The topological polar surface area (TPSA) is 169 Å². The standard InChI is InChI=1S/C8H14N4O6/c9-7(10)12(8(17)11-2-14)6-5(16)4(15)3(1-13)18-6/h2-6,13,15-16H,1H2,(H3,9,10)(H,11,14,17)/t3-,4-,5-,6?/m1/s1. The Kier molecular flexibility index (Phi) is 4.55. The molecule has 3 amide bonds. The van der Waals surface area contributed by atoms with Crippen molar-refractivity contribution in [1.29, 1.82) is 5.41 Å². The Morgan fingerprint density at radius 3 is 2.50 bits per heavy atom. The Labute approximate surface area is 101 Å². The molecule has 1 fully saturated rings. The lowest BCUT2D eigenvalue weighted by molar-refractivity contribution is -0.109. The van der Waals surface area contributed by atoms with Crippen LogP contribution in [0.2, 0.25) is 0 Å². The van der Waals surface area contributed by atoms with E-state index in [0.29, 0.717) is 4.90 Å². The number of carbonyl (C=O) groups is 2. The maximum Gasteiger partial charge on any atom is 0.332 e. The molecule has 102 valence electrons. The molecule has 0 spiro atoms. The van der Waals surface area contributed by atoms with Crippen LogP contribution in [-0.2, 0) is 9.53 Å². The fourth-order valence-corrected chi connectivity index (χ4v) is 1.58. The summed E-state index contributed by atoms with van der Waals surface area (Å²) in [6.07, 6.45) is -5.51. The van der Waals surface area contributed by atoms with Crippen molar-refractivity contribution >= 4 is 18.4 Å². The average Bonchev–Trinajstić information content (AvgIpc) is 2.57. The number of urea groups is 1. The van der Waals surface area contributed by atoms with E-state index >= 15 is 0 Å². The number of amides is 3. The van der Waals surface area contributed by atoms with Crippen LogP contribution in [0.4, 0.5) is 4.79 Å². The number of aliphatic hydroxyl groups is 3. The first kappa shape index (κ1) is 14.3. The summed E-state index contributed by atoms with van der Waals surface area (Å²) < 4.78 is 5.00. The molecule has 10 heteroatoms. The van der Waals surface area contributed by atoms with Crippen LogP contribution in [0.5, 0.6) is 0 Å². The second-order valence-electron chi connectivity index (χ2n) is 3.55. The van der Waals surface area contributed by atoms with Crippen molar-refractivity contribution in [3.05, 3.63) is 0 Å². The number of hydrogen-bond acceptors (Lipinski definition) is 7. The Morgan fingerprint density at radius 2 is 2.11 bits per heavy atom. The van der Waals surface area contributed by atoms with E-state index in [1.807, 2.05) is 0 Å². The smallest absolute Gasteiger partial charge is 0.332 e. The fourth-order valence-electron chi connectivity index (χ4n) is 1.58. The van der Waals surface area contributed by atoms with Crippen LogP contribution in [0.15, 0.2) is 0 Å². The molecule has 0 aromatic heterocycles. The van der Waals surface area contributed by atoms with Gasteiger partial charge < -0.3 is 25.8 Å². The molecule has 0 aliphatic carbocycles. The van der Waals surface area contributed by atoms with E-state index in [0.717, 1.165) is 0 Å². The number of carbonyl (C=O) groups excluding carboxylic acids is 2. The van der Waals surface area contributed by atoms with Gasteiger partial charge in [-0.05, 0) is 0 Å². The number of ether oxygens (including phenoxy) is 1. The third-order valence-corrected chi connectivity index (χ3v) is 2.43. The van der Waals surface area contributed by atoms with Crippen LogP contribution in [0.3, 0.4) is 0 Å². The van der Waals surface area contributed by atoms with Gasteiger partial charge in [-0.1, -0.05) is 0 Å². The highest BCUT2D eigenvalue weighted by atomic mass is 16.6. The van der Waals surface area contributed by atoms with Crippen molar-refractivity contribution < 1.29 is 29.6 Å². The van der Waals surface area contributed by atoms with Gasteiger partial charge in [-0.15, -0.1) is 0 Å². The summed E-state index contributed by atoms with van der Waals surface area (Å²) in [6.45, 7) is -0.588. The Bertz CT molecular complexity index is 350. The maximum absolute atomic E-state index is 11.4. The van der Waals surface area contributed by atoms with Crippen LogP contribution in [0.1, 0.15) is 0 Å². The lowest BCUT2D eigenvalue weighted by Crippen LogP contribution is -2.55. The van der Waals surface area contributed by atoms with Crippen LogP contribution in [-0.4, -0.2) is 69.8 Å². The summed E-state index contributed by atoms with van der Waals surface area (Å²) in [6, 6.07) is -1.09. The molecule has 1 aliphatic heterocycles. The summed E-state index contributed by atoms with van der Waals surface area (Å²) in [5.74, 6) is -0.788. The minimum absolute atomic E-state index is 0.0690. The second-order valence-corrected chi connectivity index (χ2v) is 3.55. The number of imide groups is 1. The number of nitrogens with two attached hydrogens (primary N) is 1. The molecule has 7 N–H and O–H groups in total. The van der Waals surface area contributed by atoms with Gasteiger partial charge in [0.1, 0.15) is 18.3 Å². The molecule has 1 heterocycles. The molecule has 1 saturated heterocycles. The number of rotatable bonds is 3. The van der Waals surface area contributed by atoms with Crippen LogP contribution in [0, 0.1) is 5.41 Å². The zero-order valence-corrected chi connectivity index (χ0v) is 9.18. The molecule has 18 heavy (non-hydrogen) atoms. The highest BCUT2D eigenvalue weighted by Crippen LogP contribution is 2.23. The first-order valence-corrected chi connectivity index (χ1v) is 4.93. The van der Waals surface area contributed by atoms with Gasteiger partial charge in [-0.3, -0.25) is 15.5 Å². The monoisotopic (exact) mass is 262 g/mol. The lowest BCUT2D eigenvalue weighted by atomic mass is 10.1. The number of nitrogens with zero attached hydrogens (tertiary/aromatic N) is 1. The largest absolute Gasteiger partial charge is 0.394 e. The first-order chi connectivity index (χ1) is 8.43. The molecule has 0 bridgehead atoms. The Morgan fingerprint density at radius 1 is 1.50 bits per heavy atom. The van der Waals surface area contributed by atoms with E-state index in [1.54, 1.807) is 5.32 Å². The van der Waals surface area contributed by atoms with E-state index in [9.17, 15) is 19.8 Å². The van der Waals surface area contributed by atoms with Crippen molar-refractivity contribution in [2.45, 2.75) is 24.5 Å². The van der Waals surface area contributed by atoms with E-state index < -0.39 is 43.1 Å². The molecule has 1 rings (SSSR count). The van der Waals surface area contributed by atoms with Gasteiger partial charge >= 0.3 is 6.03 Å². The van der Waals surface area contributed by atoms with Crippen molar-refractivity contribution in [3.63, 3.8) is 0 Å². The van der Waals surface area contributed by atoms with E-state index in [-0.39, 0.29) is 6.41 Å². The zero-order chi connectivity index (χ0) is 13.9. The van der Waals surface area contributed by atoms with Gasteiger partial charge in [0, 0.05) is 0 Å². The van der Waals surface area contributed by atoms with Crippen LogP contribution < -0.4 is 11.1 Å². The SMILES string of the molecule is N=C(N)N(C(=O)NC=O)C1O[C@H](CO)[C@@H](O)[C@H]1O. The molecule has 0 aromatic rings. The van der Waals surface area contributed by atoms with E-state index in [4.69, 9.17) is 21.0 Å². The number of nitrogens with one attached hydrogen (secondary N) is 2. The normalized spacial score (nSPS) is 30.8. The van der Waals surface area contributed by atoms with Gasteiger partial charge in [0.25, 0.3) is 0 Å². The fraction of sp³-hybridized carbons (Fsp3) is 0.625. The van der Waals surface area contributed by atoms with Crippen molar-refractivity contribution in [3.8, 4) is 0 Å². The molecule has 10 nitrogen and oxygen atoms in total. The van der Waals surface area contributed by atoms with E-state index in [2.05, 4.69) is 0 Å².